The minimum Gasteiger partial charge on any atom is -0.486 e. The Morgan fingerprint density at radius 2 is 1.97 bits per heavy atom. The zero-order valence-electron chi connectivity index (χ0n) is 18.5. The molecule has 1 saturated heterocycles. The van der Waals surface area contributed by atoms with Crippen LogP contribution in [0.15, 0.2) is 35.4 Å². The van der Waals surface area contributed by atoms with Crippen molar-refractivity contribution in [1.82, 2.24) is 24.8 Å². The van der Waals surface area contributed by atoms with Crippen LogP contribution in [0.2, 0.25) is 0 Å². The van der Waals surface area contributed by atoms with E-state index < -0.39 is 12.0 Å². The number of nitrogens with zero attached hydrogens (tertiary/aromatic N) is 4. The maximum atomic E-state index is 15.1. The van der Waals surface area contributed by atoms with Crippen molar-refractivity contribution in [2.75, 3.05) is 32.8 Å². The number of hydrogen-bond donors (Lipinski definition) is 1. The van der Waals surface area contributed by atoms with Gasteiger partial charge in [0.15, 0.2) is 11.5 Å². The second kappa shape index (κ2) is 8.59. The molecule has 0 saturated carbocycles. The van der Waals surface area contributed by atoms with Gasteiger partial charge in [-0.15, -0.1) is 0 Å². The van der Waals surface area contributed by atoms with Gasteiger partial charge in [-0.2, -0.15) is 0 Å². The lowest BCUT2D eigenvalue weighted by Gasteiger charge is -2.36. The van der Waals surface area contributed by atoms with Crippen LogP contribution in [0.3, 0.4) is 0 Å². The standard InChI is InChI=1S/C24H25F2N5O3/c25-16-9-29-19-1-2-22(32)31-12-14(23(16)24(19)31)11-30-4-3-18(17(26)13-30)28-8-15-7-20-21(10-27-15)34-6-5-33-20/h1-2,7,9-10,14,17-18,28H,3-6,8,11-13H2/t14?,17-,18+/m1/s1. The van der Waals surface area contributed by atoms with Crippen molar-refractivity contribution in [1.29, 1.82) is 0 Å². The number of aromatic nitrogens is 3. The number of fused-ring (bicyclic) bond motifs is 1. The Labute approximate surface area is 194 Å². The Balaban J connectivity index is 1.09. The van der Waals surface area contributed by atoms with Gasteiger partial charge in [-0.05, 0) is 19.0 Å². The van der Waals surface area contributed by atoms with Gasteiger partial charge in [-0.1, -0.05) is 0 Å². The first-order chi connectivity index (χ1) is 16.6. The van der Waals surface area contributed by atoms with E-state index in [1.807, 2.05) is 11.0 Å². The molecule has 34 heavy (non-hydrogen) atoms. The highest BCUT2D eigenvalue weighted by molar-refractivity contribution is 5.80. The monoisotopic (exact) mass is 469 g/mol. The van der Waals surface area contributed by atoms with Crippen molar-refractivity contribution >= 4 is 11.0 Å². The van der Waals surface area contributed by atoms with Crippen LogP contribution >= 0.6 is 0 Å². The molecule has 3 aliphatic heterocycles. The Morgan fingerprint density at radius 3 is 2.82 bits per heavy atom. The molecule has 1 N–H and O–H groups in total. The van der Waals surface area contributed by atoms with E-state index in [9.17, 15) is 9.18 Å². The lowest BCUT2D eigenvalue weighted by atomic mass is 9.97. The van der Waals surface area contributed by atoms with Crippen LogP contribution in [0.5, 0.6) is 11.5 Å². The molecule has 3 aromatic heterocycles. The van der Waals surface area contributed by atoms with E-state index in [1.54, 1.807) is 16.8 Å². The van der Waals surface area contributed by atoms with Gasteiger partial charge >= 0.3 is 0 Å². The van der Waals surface area contributed by atoms with E-state index in [4.69, 9.17) is 9.47 Å². The lowest BCUT2D eigenvalue weighted by Crippen LogP contribution is -2.51. The molecule has 8 nitrogen and oxygen atoms in total. The number of rotatable bonds is 5. The molecule has 0 aliphatic carbocycles. The fourth-order valence-corrected chi connectivity index (χ4v) is 5.29. The maximum Gasteiger partial charge on any atom is 0.251 e. The summed E-state index contributed by atoms with van der Waals surface area (Å²) in [6, 6.07) is 4.63. The van der Waals surface area contributed by atoms with Crippen LogP contribution in [0.1, 0.15) is 23.6 Å². The van der Waals surface area contributed by atoms with E-state index in [2.05, 4.69) is 15.3 Å². The first kappa shape index (κ1) is 21.4. The molecule has 1 fully saturated rings. The number of halogens is 2. The normalized spacial score (nSPS) is 24.0. The molecule has 0 aromatic carbocycles. The maximum absolute atomic E-state index is 15.1. The Kier molecular flexibility index (Phi) is 5.41. The van der Waals surface area contributed by atoms with Gasteiger partial charge in [0.2, 0.25) is 0 Å². The number of nitrogens with one attached hydrogen (secondary N) is 1. The van der Waals surface area contributed by atoms with Crippen LogP contribution in [-0.4, -0.2) is 64.5 Å². The fourth-order valence-electron chi connectivity index (χ4n) is 5.29. The number of ether oxygens (including phenoxy) is 2. The number of pyridine rings is 3. The lowest BCUT2D eigenvalue weighted by molar-refractivity contribution is 0.0969. The molecule has 0 bridgehead atoms. The number of piperidine rings is 1. The number of hydrogen-bond acceptors (Lipinski definition) is 7. The van der Waals surface area contributed by atoms with Gasteiger partial charge in [0, 0.05) is 55.8 Å². The smallest absolute Gasteiger partial charge is 0.251 e. The third-order valence-electron chi connectivity index (χ3n) is 6.94. The summed E-state index contributed by atoms with van der Waals surface area (Å²) >= 11 is 0. The minimum atomic E-state index is -1.07. The summed E-state index contributed by atoms with van der Waals surface area (Å²) in [5.74, 6) is 0.679. The second-order valence-electron chi connectivity index (χ2n) is 9.10. The van der Waals surface area contributed by atoms with E-state index in [0.29, 0.717) is 73.9 Å². The summed E-state index contributed by atoms with van der Waals surface area (Å²) in [4.78, 5) is 22.8. The van der Waals surface area contributed by atoms with Crippen molar-refractivity contribution in [3.63, 3.8) is 0 Å². The van der Waals surface area contributed by atoms with Gasteiger partial charge < -0.3 is 19.4 Å². The zero-order chi connectivity index (χ0) is 23.2. The summed E-state index contributed by atoms with van der Waals surface area (Å²) in [6.45, 7) is 3.27. The van der Waals surface area contributed by atoms with Gasteiger partial charge in [0.05, 0.1) is 29.1 Å². The molecule has 0 amide bonds. The molecule has 3 aromatic rings. The molecular formula is C24H25F2N5O3. The Morgan fingerprint density at radius 1 is 1.12 bits per heavy atom. The largest absolute Gasteiger partial charge is 0.486 e. The SMILES string of the molecule is O=c1ccc2ncc(F)c3c2n1CC3CN1CC[C@H](NCc2cc3c(cn2)OCCO3)[C@H](F)C1. The van der Waals surface area contributed by atoms with Gasteiger partial charge in [-0.25, -0.2) is 8.78 Å². The third-order valence-corrected chi connectivity index (χ3v) is 6.94. The van der Waals surface area contributed by atoms with Crippen molar-refractivity contribution in [2.24, 2.45) is 0 Å². The summed E-state index contributed by atoms with van der Waals surface area (Å²) < 4.78 is 42.4. The first-order valence-electron chi connectivity index (χ1n) is 11.6. The molecule has 1 unspecified atom stereocenters. The highest BCUT2D eigenvalue weighted by Crippen LogP contribution is 2.35. The highest BCUT2D eigenvalue weighted by atomic mass is 19.1. The number of alkyl halides is 1. The van der Waals surface area contributed by atoms with E-state index in [0.717, 1.165) is 5.69 Å². The molecule has 178 valence electrons. The topological polar surface area (TPSA) is 81.5 Å². The van der Waals surface area contributed by atoms with Crippen LogP contribution < -0.4 is 20.3 Å². The van der Waals surface area contributed by atoms with E-state index in [-0.39, 0.29) is 24.1 Å². The molecule has 6 rings (SSSR count). The predicted molar refractivity (Wildman–Crippen MR) is 121 cm³/mol. The molecular weight excluding hydrogens is 444 g/mol. The second-order valence-corrected chi connectivity index (χ2v) is 9.10. The van der Waals surface area contributed by atoms with Crippen molar-refractivity contribution in [3.05, 3.63) is 58.0 Å². The predicted octanol–water partition coefficient (Wildman–Crippen LogP) is 2.00. The third kappa shape index (κ3) is 3.80. The van der Waals surface area contributed by atoms with E-state index >= 15 is 4.39 Å². The van der Waals surface area contributed by atoms with Crippen LogP contribution in [0, 0.1) is 5.82 Å². The zero-order valence-corrected chi connectivity index (χ0v) is 18.5. The van der Waals surface area contributed by atoms with Gasteiger partial charge in [0.1, 0.15) is 25.2 Å². The van der Waals surface area contributed by atoms with Crippen LogP contribution in [0.4, 0.5) is 8.78 Å². The van der Waals surface area contributed by atoms with Gasteiger partial charge in [-0.3, -0.25) is 19.7 Å². The van der Waals surface area contributed by atoms with Crippen molar-refractivity contribution < 1.29 is 18.3 Å². The molecule has 10 heteroatoms. The van der Waals surface area contributed by atoms with Crippen LogP contribution in [0.25, 0.3) is 11.0 Å². The molecule has 6 heterocycles. The highest BCUT2D eigenvalue weighted by Gasteiger charge is 2.34. The van der Waals surface area contributed by atoms with Crippen LogP contribution in [-0.2, 0) is 13.1 Å². The number of likely N-dealkylation sites (tertiary alicyclic amines) is 1. The van der Waals surface area contributed by atoms with Crippen molar-refractivity contribution in [2.45, 2.75) is 37.6 Å². The summed E-state index contributed by atoms with van der Waals surface area (Å²) in [5.41, 5.74) is 2.30. The molecule has 0 radical (unpaired) electrons. The molecule has 3 atom stereocenters. The molecule has 3 aliphatic rings. The quantitative estimate of drug-likeness (QED) is 0.612. The fraction of sp³-hybridized carbons (Fsp3) is 0.458. The Bertz CT molecular complexity index is 1300. The average Bonchev–Trinajstić information content (AvgIpc) is 3.23. The van der Waals surface area contributed by atoms with E-state index in [1.165, 1.54) is 12.3 Å². The summed E-state index contributed by atoms with van der Waals surface area (Å²) in [5, 5.41) is 3.28. The summed E-state index contributed by atoms with van der Waals surface area (Å²) in [6.07, 6.45) is 2.41. The average molecular weight is 469 g/mol. The van der Waals surface area contributed by atoms with Crippen molar-refractivity contribution in [3.8, 4) is 11.5 Å². The summed E-state index contributed by atoms with van der Waals surface area (Å²) in [7, 11) is 0. The Hall–Kier alpha value is -3.11. The molecule has 0 spiro atoms. The van der Waals surface area contributed by atoms with Gasteiger partial charge in [0.25, 0.3) is 5.56 Å². The minimum absolute atomic E-state index is 0.164. The first-order valence-corrected chi connectivity index (χ1v) is 11.6.